The first-order valence-electron chi connectivity index (χ1n) is 11.8. The molecule has 3 rings (SSSR count). The van der Waals surface area contributed by atoms with Crippen molar-refractivity contribution in [2.24, 2.45) is 5.92 Å². The quantitative estimate of drug-likeness (QED) is 0.150. The molecule has 0 spiro atoms. The van der Waals surface area contributed by atoms with Crippen LogP contribution in [0.2, 0.25) is 0 Å². The minimum Gasteiger partial charge on any atom is -0.508 e. The summed E-state index contributed by atoms with van der Waals surface area (Å²) in [4.78, 5) is 25.1. The molecule has 0 unspecified atom stereocenters. The Balaban J connectivity index is 1.75. The summed E-state index contributed by atoms with van der Waals surface area (Å²) < 4.78 is 26.6. The lowest BCUT2D eigenvalue weighted by atomic mass is 9.86. The molecular weight excluding hydrogens is 508 g/mol. The number of aliphatic hydroxyl groups excluding tert-OH is 5. The Kier molecular flexibility index (Phi) is 10.6. The van der Waals surface area contributed by atoms with E-state index in [0.29, 0.717) is 6.42 Å². The van der Waals surface area contributed by atoms with Crippen LogP contribution in [0.1, 0.15) is 12.0 Å². The zero-order valence-corrected chi connectivity index (χ0v) is 20.6. The normalized spacial score (nSPS) is 30.3. The van der Waals surface area contributed by atoms with E-state index in [0.717, 1.165) is 18.9 Å². The number of ether oxygens (including phenoxy) is 5. The first kappa shape index (κ1) is 29.5. The van der Waals surface area contributed by atoms with Crippen molar-refractivity contribution in [1.82, 2.24) is 0 Å². The van der Waals surface area contributed by atoms with Gasteiger partial charge in [0.05, 0.1) is 45.2 Å². The highest BCUT2D eigenvalue weighted by molar-refractivity contribution is 5.90. The third-order valence-corrected chi connectivity index (χ3v) is 6.18. The molecule has 1 saturated heterocycles. The van der Waals surface area contributed by atoms with Crippen molar-refractivity contribution in [3.63, 3.8) is 0 Å². The van der Waals surface area contributed by atoms with Crippen LogP contribution in [0.25, 0.3) is 0 Å². The minimum atomic E-state index is -1.74. The summed E-state index contributed by atoms with van der Waals surface area (Å²) in [5.74, 6) is -2.39. The summed E-state index contributed by atoms with van der Waals surface area (Å²) in [7, 11) is 1.14. The van der Waals surface area contributed by atoms with Gasteiger partial charge in [-0.2, -0.15) is 0 Å². The van der Waals surface area contributed by atoms with Crippen LogP contribution in [0.15, 0.2) is 47.7 Å². The van der Waals surface area contributed by atoms with Crippen molar-refractivity contribution < 1.29 is 63.9 Å². The Morgan fingerprint density at radius 1 is 1.05 bits per heavy atom. The minimum absolute atomic E-state index is 0.0218. The summed E-state index contributed by atoms with van der Waals surface area (Å²) in [6.07, 6.45) is -6.99. The van der Waals surface area contributed by atoms with E-state index in [1.807, 2.05) is 0 Å². The Labute approximate surface area is 218 Å². The van der Waals surface area contributed by atoms with E-state index in [9.17, 15) is 40.2 Å². The highest BCUT2D eigenvalue weighted by Crippen LogP contribution is 2.36. The van der Waals surface area contributed by atoms with E-state index in [4.69, 9.17) is 23.7 Å². The van der Waals surface area contributed by atoms with Crippen LogP contribution < -0.4 is 0 Å². The Hall–Kier alpha value is -3.04. The molecule has 210 valence electrons. The Morgan fingerprint density at radius 2 is 1.76 bits per heavy atom. The van der Waals surface area contributed by atoms with E-state index >= 15 is 0 Å². The standard InChI is InChI=1S/C25H32O13/c1-34-23(33)17-12-36-24(38-25-22(32)21(31)20(30)18(11-27)37-25)15(6-8-26)16(17)10-19(29)35-9-7-13-2-4-14(28)5-3-13/h2-6,12,16,18,20-22,24-28,30-32H,7-11H2,1H3/t16-,18+,20-,21+,22-,24-,25-/m0/s1. The third-order valence-electron chi connectivity index (χ3n) is 6.18. The fourth-order valence-electron chi connectivity index (χ4n) is 4.10. The van der Waals surface area contributed by atoms with Crippen LogP contribution >= 0.6 is 0 Å². The zero-order valence-electron chi connectivity index (χ0n) is 20.6. The number of hydrogen-bond donors (Lipinski definition) is 6. The molecule has 0 bridgehead atoms. The molecule has 0 saturated carbocycles. The van der Waals surface area contributed by atoms with Crippen molar-refractivity contribution >= 4 is 11.9 Å². The summed E-state index contributed by atoms with van der Waals surface area (Å²) in [5, 5.41) is 58.8. The van der Waals surface area contributed by atoms with Gasteiger partial charge in [0, 0.05) is 17.9 Å². The number of hydrogen-bond acceptors (Lipinski definition) is 13. The third kappa shape index (κ3) is 7.08. The van der Waals surface area contributed by atoms with Crippen LogP contribution in [0.4, 0.5) is 0 Å². The molecule has 13 nitrogen and oxygen atoms in total. The van der Waals surface area contributed by atoms with E-state index in [-0.39, 0.29) is 29.9 Å². The van der Waals surface area contributed by atoms with Gasteiger partial charge in [-0.05, 0) is 17.7 Å². The second-order valence-corrected chi connectivity index (χ2v) is 8.65. The smallest absolute Gasteiger partial charge is 0.337 e. The first-order chi connectivity index (χ1) is 18.2. The van der Waals surface area contributed by atoms with Crippen molar-refractivity contribution in [2.75, 3.05) is 26.9 Å². The maximum absolute atomic E-state index is 12.7. The monoisotopic (exact) mass is 540 g/mol. The van der Waals surface area contributed by atoms with Crippen LogP contribution in [-0.2, 0) is 39.7 Å². The van der Waals surface area contributed by atoms with Gasteiger partial charge in [-0.3, -0.25) is 4.79 Å². The molecule has 2 aliphatic rings. The van der Waals surface area contributed by atoms with Gasteiger partial charge in [0.1, 0.15) is 30.2 Å². The van der Waals surface area contributed by atoms with Crippen molar-refractivity contribution in [3.05, 3.63) is 53.3 Å². The lowest BCUT2D eigenvalue weighted by Crippen LogP contribution is -2.60. The molecule has 1 fully saturated rings. The van der Waals surface area contributed by atoms with E-state index in [1.165, 1.54) is 18.2 Å². The Bertz CT molecular complexity index is 1000. The number of esters is 2. The molecule has 38 heavy (non-hydrogen) atoms. The number of phenols is 1. The number of rotatable bonds is 10. The fraction of sp³-hybridized carbons (Fsp3) is 0.520. The van der Waals surface area contributed by atoms with Gasteiger partial charge in [0.25, 0.3) is 0 Å². The number of carbonyl (C=O) groups excluding carboxylic acids is 2. The van der Waals surface area contributed by atoms with Crippen LogP contribution in [0.5, 0.6) is 5.75 Å². The molecule has 0 amide bonds. The van der Waals surface area contributed by atoms with Gasteiger partial charge in [0.15, 0.2) is 6.29 Å². The molecular formula is C25H32O13. The molecule has 0 radical (unpaired) electrons. The summed E-state index contributed by atoms with van der Waals surface area (Å²) >= 11 is 0. The lowest BCUT2D eigenvalue weighted by Gasteiger charge is -2.41. The SMILES string of the molecule is COC(=O)C1=CO[C@@H](O[C@@H]2O[C@H](CO)[C@H](O)[C@@H](O)[C@@H]2O)C(=CCO)[C@@H]1CC(=O)OCCc1ccc(O)cc1. The van der Waals surface area contributed by atoms with Gasteiger partial charge in [-0.15, -0.1) is 0 Å². The van der Waals surface area contributed by atoms with Crippen LogP contribution in [-0.4, -0.2) is 107 Å². The van der Waals surface area contributed by atoms with E-state index in [2.05, 4.69) is 0 Å². The predicted octanol–water partition coefficient (Wildman–Crippen LogP) is -1.37. The molecule has 1 aromatic carbocycles. The molecule has 2 aliphatic heterocycles. The molecule has 2 heterocycles. The van der Waals surface area contributed by atoms with Crippen molar-refractivity contribution in [2.45, 2.75) is 49.8 Å². The molecule has 6 N–H and O–H groups in total. The topological polar surface area (TPSA) is 202 Å². The van der Waals surface area contributed by atoms with E-state index < -0.39 is 68.1 Å². The van der Waals surface area contributed by atoms with Gasteiger partial charge >= 0.3 is 11.9 Å². The molecule has 13 heteroatoms. The predicted molar refractivity (Wildman–Crippen MR) is 126 cm³/mol. The maximum Gasteiger partial charge on any atom is 0.337 e. The van der Waals surface area contributed by atoms with Gasteiger partial charge in [0.2, 0.25) is 6.29 Å². The van der Waals surface area contributed by atoms with Crippen LogP contribution in [0.3, 0.4) is 0 Å². The van der Waals surface area contributed by atoms with Crippen LogP contribution in [0, 0.1) is 5.92 Å². The first-order valence-corrected chi connectivity index (χ1v) is 11.8. The number of aromatic hydroxyl groups is 1. The molecule has 1 aromatic rings. The Morgan fingerprint density at radius 3 is 2.39 bits per heavy atom. The zero-order chi connectivity index (χ0) is 27.8. The second kappa shape index (κ2) is 13.7. The average Bonchev–Trinajstić information content (AvgIpc) is 2.91. The van der Waals surface area contributed by atoms with Gasteiger partial charge in [-0.1, -0.05) is 18.2 Å². The number of methoxy groups -OCH3 is 1. The number of aliphatic hydroxyl groups is 5. The number of phenolic OH excluding ortho intramolecular Hbond substituents is 1. The fourth-order valence-corrected chi connectivity index (χ4v) is 4.10. The summed E-state index contributed by atoms with van der Waals surface area (Å²) in [5.41, 5.74) is 0.879. The largest absolute Gasteiger partial charge is 0.508 e. The summed E-state index contributed by atoms with van der Waals surface area (Å²) in [6, 6.07) is 6.38. The van der Waals surface area contributed by atoms with Crippen molar-refractivity contribution in [1.29, 1.82) is 0 Å². The summed E-state index contributed by atoms with van der Waals surface area (Å²) in [6.45, 7) is -1.19. The van der Waals surface area contributed by atoms with E-state index in [1.54, 1.807) is 12.1 Å². The van der Waals surface area contributed by atoms with Gasteiger partial charge in [-0.25, -0.2) is 4.79 Å². The average molecular weight is 541 g/mol. The van der Waals surface area contributed by atoms with Crippen molar-refractivity contribution in [3.8, 4) is 5.75 Å². The molecule has 0 aromatic heterocycles. The highest BCUT2D eigenvalue weighted by atomic mass is 16.8. The molecule has 7 atom stereocenters. The highest BCUT2D eigenvalue weighted by Gasteiger charge is 2.47. The number of carbonyl (C=O) groups is 2. The number of benzene rings is 1. The maximum atomic E-state index is 12.7. The van der Waals surface area contributed by atoms with Gasteiger partial charge < -0.3 is 54.3 Å². The lowest BCUT2D eigenvalue weighted by molar-refractivity contribution is -0.327. The molecule has 0 aliphatic carbocycles. The second-order valence-electron chi connectivity index (χ2n) is 8.65.